The summed E-state index contributed by atoms with van der Waals surface area (Å²) in [7, 11) is 0. The molecule has 1 aromatic carbocycles. The van der Waals surface area contributed by atoms with Crippen molar-refractivity contribution in [1.82, 2.24) is 10.3 Å². The van der Waals surface area contributed by atoms with Gasteiger partial charge in [0.1, 0.15) is 11.6 Å². The molecule has 2 amide bonds. The number of H-pyrrole nitrogens is 1. The number of hydrogen-bond acceptors (Lipinski definition) is 3. The van der Waals surface area contributed by atoms with Gasteiger partial charge in [0.15, 0.2) is 0 Å². The second-order valence-electron chi connectivity index (χ2n) is 5.17. The van der Waals surface area contributed by atoms with E-state index >= 15 is 0 Å². The van der Waals surface area contributed by atoms with Crippen molar-refractivity contribution in [2.24, 2.45) is 11.7 Å². The number of benzene rings is 1. The topological polar surface area (TPSA) is 105 Å². The molecule has 1 unspecified atom stereocenters. The van der Waals surface area contributed by atoms with Gasteiger partial charge in [-0.2, -0.15) is 0 Å². The van der Waals surface area contributed by atoms with Gasteiger partial charge in [-0.1, -0.05) is 26.0 Å². The summed E-state index contributed by atoms with van der Waals surface area (Å²) in [4.78, 5) is 38.7. The number of primary amides is 1. The Hall–Kier alpha value is -2.63. The van der Waals surface area contributed by atoms with Crippen LogP contribution in [0.2, 0.25) is 0 Å². The van der Waals surface area contributed by atoms with E-state index in [1.54, 1.807) is 38.1 Å². The van der Waals surface area contributed by atoms with Gasteiger partial charge in [0.2, 0.25) is 11.3 Å². The first-order chi connectivity index (χ1) is 9.91. The summed E-state index contributed by atoms with van der Waals surface area (Å²) in [5, 5.41) is 2.93. The number of para-hydroxylation sites is 1. The van der Waals surface area contributed by atoms with E-state index in [0.29, 0.717) is 10.9 Å². The van der Waals surface area contributed by atoms with Crippen molar-refractivity contribution in [1.29, 1.82) is 0 Å². The van der Waals surface area contributed by atoms with Crippen molar-refractivity contribution in [3.8, 4) is 0 Å². The maximum Gasteiger partial charge on any atom is 0.257 e. The summed E-state index contributed by atoms with van der Waals surface area (Å²) in [6, 6.07) is 6.08. The number of hydrogen-bond donors (Lipinski definition) is 3. The molecule has 0 aliphatic rings. The Morgan fingerprint density at radius 2 is 1.90 bits per heavy atom. The van der Waals surface area contributed by atoms with Crippen LogP contribution >= 0.6 is 0 Å². The zero-order valence-corrected chi connectivity index (χ0v) is 11.8. The van der Waals surface area contributed by atoms with Gasteiger partial charge in [0, 0.05) is 17.1 Å². The summed E-state index contributed by atoms with van der Waals surface area (Å²) in [6.07, 6.45) is 1.35. The van der Waals surface area contributed by atoms with E-state index in [1.165, 1.54) is 6.20 Å². The lowest BCUT2D eigenvalue weighted by atomic mass is 10.0. The highest BCUT2D eigenvalue weighted by Gasteiger charge is 2.23. The third-order valence-electron chi connectivity index (χ3n) is 3.29. The second-order valence-corrected chi connectivity index (χ2v) is 5.17. The smallest absolute Gasteiger partial charge is 0.257 e. The highest BCUT2D eigenvalue weighted by atomic mass is 16.2. The molecule has 0 fully saturated rings. The Labute approximate surface area is 121 Å². The molecule has 6 heteroatoms. The van der Waals surface area contributed by atoms with Gasteiger partial charge in [-0.25, -0.2) is 0 Å². The molecule has 0 spiro atoms. The van der Waals surface area contributed by atoms with E-state index < -0.39 is 17.9 Å². The first kappa shape index (κ1) is 14.8. The number of aromatic nitrogens is 1. The molecular formula is C15H17N3O3. The zero-order chi connectivity index (χ0) is 15.6. The fourth-order valence-corrected chi connectivity index (χ4v) is 2.12. The van der Waals surface area contributed by atoms with Crippen molar-refractivity contribution < 1.29 is 9.59 Å². The van der Waals surface area contributed by atoms with Gasteiger partial charge in [-0.15, -0.1) is 0 Å². The normalized spacial score (nSPS) is 12.3. The molecule has 1 aromatic heterocycles. The lowest BCUT2D eigenvalue weighted by Gasteiger charge is -2.18. The number of carbonyl (C=O) groups excluding carboxylic acids is 2. The largest absolute Gasteiger partial charge is 0.368 e. The Bertz CT molecular complexity index is 749. The molecule has 1 heterocycles. The highest BCUT2D eigenvalue weighted by molar-refractivity contribution is 5.99. The van der Waals surface area contributed by atoms with Crippen LogP contribution in [0.1, 0.15) is 24.2 Å². The number of nitrogens with one attached hydrogen (secondary N) is 2. The van der Waals surface area contributed by atoms with Crippen LogP contribution < -0.4 is 16.5 Å². The standard InChI is InChI=1S/C15H17N3O3/c1-8(2)12(14(16)20)18-15(21)10-7-17-11-6-4-3-5-9(11)13(10)19/h3-8,12H,1-2H3,(H2,16,20)(H,17,19)(H,18,21). The fourth-order valence-electron chi connectivity index (χ4n) is 2.12. The first-order valence-electron chi connectivity index (χ1n) is 6.62. The van der Waals surface area contributed by atoms with Crippen LogP contribution in [-0.2, 0) is 4.79 Å². The average molecular weight is 287 g/mol. The van der Waals surface area contributed by atoms with Gasteiger partial charge >= 0.3 is 0 Å². The maximum absolute atomic E-state index is 12.3. The van der Waals surface area contributed by atoms with Crippen LogP contribution in [0.5, 0.6) is 0 Å². The molecule has 0 saturated heterocycles. The zero-order valence-electron chi connectivity index (χ0n) is 11.8. The number of pyridine rings is 1. The Kier molecular flexibility index (Phi) is 4.07. The number of rotatable bonds is 4. The highest BCUT2D eigenvalue weighted by Crippen LogP contribution is 2.08. The van der Waals surface area contributed by atoms with Gasteiger partial charge in [-0.05, 0) is 18.1 Å². The van der Waals surface area contributed by atoms with Crippen LogP contribution in [-0.4, -0.2) is 22.8 Å². The van der Waals surface area contributed by atoms with Gasteiger partial charge in [0.25, 0.3) is 5.91 Å². The lowest BCUT2D eigenvalue weighted by Crippen LogP contribution is -2.48. The predicted molar refractivity (Wildman–Crippen MR) is 79.9 cm³/mol. The van der Waals surface area contributed by atoms with Gasteiger partial charge in [-0.3, -0.25) is 14.4 Å². The fraction of sp³-hybridized carbons (Fsp3) is 0.267. The van der Waals surface area contributed by atoms with Crippen molar-refractivity contribution >= 4 is 22.7 Å². The summed E-state index contributed by atoms with van der Waals surface area (Å²) >= 11 is 0. The Morgan fingerprint density at radius 3 is 2.52 bits per heavy atom. The summed E-state index contributed by atoms with van der Waals surface area (Å²) < 4.78 is 0. The van der Waals surface area contributed by atoms with Crippen LogP contribution in [0, 0.1) is 5.92 Å². The van der Waals surface area contributed by atoms with Gasteiger partial charge in [0.05, 0.1) is 0 Å². The predicted octanol–water partition coefficient (Wildman–Crippen LogP) is 0.768. The third kappa shape index (κ3) is 2.94. The van der Waals surface area contributed by atoms with E-state index in [-0.39, 0.29) is 16.9 Å². The third-order valence-corrected chi connectivity index (χ3v) is 3.29. The molecule has 1 atom stereocenters. The number of fused-ring (bicyclic) bond motifs is 1. The van der Waals surface area contributed by atoms with Crippen molar-refractivity contribution in [3.05, 3.63) is 46.2 Å². The Balaban J connectivity index is 2.38. The van der Waals surface area contributed by atoms with Crippen molar-refractivity contribution in [2.45, 2.75) is 19.9 Å². The van der Waals surface area contributed by atoms with Crippen LogP contribution in [0.25, 0.3) is 10.9 Å². The van der Waals surface area contributed by atoms with Crippen molar-refractivity contribution in [3.63, 3.8) is 0 Å². The average Bonchev–Trinajstić information content (AvgIpc) is 2.44. The molecule has 0 radical (unpaired) electrons. The van der Waals surface area contributed by atoms with E-state index in [2.05, 4.69) is 10.3 Å². The van der Waals surface area contributed by atoms with E-state index in [0.717, 1.165) is 0 Å². The number of aromatic amines is 1. The molecule has 0 aliphatic carbocycles. The molecule has 110 valence electrons. The van der Waals surface area contributed by atoms with Crippen LogP contribution in [0.3, 0.4) is 0 Å². The minimum atomic E-state index is -0.816. The maximum atomic E-state index is 12.3. The van der Waals surface area contributed by atoms with Crippen LogP contribution in [0.4, 0.5) is 0 Å². The van der Waals surface area contributed by atoms with Crippen molar-refractivity contribution in [2.75, 3.05) is 0 Å². The monoisotopic (exact) mass is 287 g/mol. The second kappa shape index (κ2) is 5.78. The number of carbonyl (C=O) groups is 2. The lowest BCUT2D eigenvalue weighted by molar-refractivity contribution is -0.120. The van der Waals surface area contributed by atoms with E-state index in [1.807, 2.05) is 0 Å². The quantitative estimate of drug-likeness (QED) is 0.773. The van der Waals surface area contributed by atoms with E-state index in [9.17, 15) is 14.4 Å². The molecule has 4 N–H and O–H groups in total. The first-order valence-corrected chi connectivity index (χ1v) is 6.62. The summed E-state index contributed by atoms with van der Waals surface area (Å²) in [5.74, 6) is -1.40. The Morgan fingerprint density at radius 1 is 1.24 bits per heavy atom. The minimum absolute atomic E-state index is 0.0411. The van der Waals surface area contributed by atoms with E-state index in [4.69, 9.17) is 5.73 Å². The summed E-state index contributed by atoms with van der Waals surface area (Å²) in [6.45, 7) is 3.53. The molecule has 0 bridgehead atoms. The van der Waals surface area contributed by atoms with Crippen LogP contribution in [0.15, 0.2) is 35.3 Å². The number of nitrogens with two attached hydrogens (primary N) is 1. The van der Waals surface area contributed by atoms with Gasteiger partial charge < -0.3 is 16.0 Å². The number of amides is 2. The molecule has 2 aromatic rings. The molecule has 6 nitrogen and oxygen atoms in total. The molecule has 0 saturated carbocycles. The minimum Gasteiger partial charge on any atom is -0.368 e. The molecule has 2 rings (SSSR count). The molecule has 21 heavy (non-hydrogen) atoms. The SMILES string of the molecule is CC(C)C(NC(=O)c1c[nH]c2ccccc2c1=O)C(N)=O. The molecular weight excluding hydrogens is 270 g/mol. The molecule has 0 aliphatic heterocycles. The summed E-state index contributed by atoms with van der Waals surface area (Å²) in [5.41, 5.74) is 5.48.